The van der Waals surface area contributed by atoms with Crippen LogP contribution in [0.25, 0.3) is 0 Å². The van der Waals surface area contributed by atoms with Crippen molar-refractivity contribution in [3.8, 4) is 0 Å². The lowest BCUT2D eigenvalue weighted by Gasteiger charge is -2.12. The number of thioether (sulfide) groups is 1. The first-order valence-corrected chi connectivity index (χ1v) is 6.29. The Balaban J connectivity index is 2.89. The zero-order valence-corrected chi connectivity index (χ0v) is 10.7. The maximum atomic E-state index is 12.0. The van der Waals surface area contributed by atoms with E-state index in [1.807, 2.05) is 20.8 Å². The third-order valence-electron chi connectivity index (χ3n) is 2.24. The molecule has 0 aromatic carbocycles. The van der Waals surface area contributed by atoms with Gasteiger partial charge in [-0.3, -0.25) is 4.79 Å². The Kier molecular flexibility index (Phi) is 5.02. The molecule has 0 fully saturated rings. The van der Waals surface area contributed by atoms with Gasteiger partial charge in [0.15, 0.2) is 5.03 Å². The van der Waals surface area contributed by atoms with Crippen molar-refractivity contribution in [3.63, 3.8) is 0 Å². The van der Waals surface area contributed by atoms with Gasteiger partial charge >= 0.3 is 0 Å². The zero-order chi connectivity index (χ0) is 12.1. The number of aliphatic hydroxyl groups is 1. The van der Waals surface area contributed by atoms with Crippen LogP contribution in [0.2, 0.25) is 0 Å². The largest absolute Gasteiger partial charge is 0.396 e. The molecular formula is C11H18N2O2S. The molecule has 5 heteroatoms. The first kappa shape index (κ1) is 13.3. The Morgan fingerprint density at radius 2 is 2.19 bits per heavy atom. The minimum atomic E-state index is -0.0488. The zero-order valence-electron chi connectivity index (χ0n) is 9.88. The minimum absolute atomic E-state index is 0.0488. The Morgan fingerprint density at radius 1 is 1.50 bits per heavy atom. The minimum Gasteiger partial charge on any atom is -0.396 e. The number of aliphatic hydroxyl groups excluding tert-OH is 1. The van der Waals surface area contributed by atoms with Crippen molar-refractivity contribution >= 4 is 11.8 Å². The van der Waals surface area contributed by atoms with Crippen LogP contribution in [0.3, 0.4) is 0 Å². The normalized spacial score (nSPS) is 13.1. The van der Waals surface area contributed by atoms with E-state index >= 15 is 0 Å². The predicted molar refractivity (Wildman–Crippen MR) is 65.9 cm³/mol. The van der Waals surface area contributed by atoms with Gasteiger partial charge in [-0.2, -0.15) is 0 Å². The standard InChI is InChI=1S/C11H18N2O2S/c1-8(2)13-6-5-12-10(11(13)15)16-9(3)4-7-14/h5-6,8-9,14H,4,7H2,1-3H3. The average molecular weight is 242 g/mol. The second-order valence-corrected chi connectivity index (χ2v) is 5.41. The molecule has 1 rings (SSSR count). The van der Waals surface area contributed by atoms with E-state index in [1.165, 1.54) is 11.8 Å². The van der Waals surface area contributed by atoms with E-state index in [1.54, 1.807) is 17.0 Å². The number of hydrogen-bond acceptors (Lipinski definition) is 4. The molecule has 0 radical (unpaired) electrons. The highest BCUT2D eigenvalue weighted by molar-refractivity contribution is 7.99. The van der Waals surface area contributed by atoms with Gasteiger partial charge in [0.1, 0.15) is 0 Å². The summed E-state index contributed by atoms with van der Waals surface area (Å²) in [6.07, 6.45) is 4.02. The van der Waals surface area contributed by atoms with E-state index in [0.717, 1.165) is 0 Å². The Morgan fingerprint density at radius 3 is 2.75 bits per heavy atom. The summed E-state index contributed by atoms with van der Waals surface area (Å²) in [5, 5.41) is 9.52. The van der Waals surface area contributed by atoms with Gasteiger partial charge in [-0.1, -0.05) is 18.7 Å². The van der Waals surface area contributed by atoms with Gasteiger partial charge in [0.25, 0.3) is 5.56 Å². The topological polar surface area (TPSA) is 55.1 Å². The van der Waals surface area contributed by atoms with E-state index in [9.17, 15) is 4.79 Å². The Hall–Kier alpha value is -0.810. The Bertz CT molecular complexity index is 390. The molecule has 0 spiro atoms. The van der Waals surface area contributed by atoms with Gasteiger partial charge in [-0.05, 0) is 20.3 Å². The van der Waals surface area contributed by atoms with Gasteiger partial charge in [0, 0.05) is 30.3 Å². The van der Waals surface area contributed by atoms with Crippen molar-refractivity contribution in [2.75, 3.05) is 6.61 Å². The first-order chi connectivity index (χ1) is 7.56. The summed E-state index contributed by atoms with van der Waals surface area (Å²) in [5.74, 6) is 0. The second-order valence-electron chi connectivity index (χ2n) is 3.98. The summed E-state index contributed by atoms with van der Waals surface area (Å²) in [6.45, 7) is 6.05. The molecule has 0 amide bonds. The molecule has 1 atom stereocenters. The molecule has 1 aromatic rings. The predicted octanol–water partition coefficient (Wildman–Crippen LogP) is 1.69. The van der Waals surface area contributed by atoms with E-state index < -0.39 is 0 Å². The summed E-state index contributed by atoms with van der Waals surface area (Å²) in [6, 6.07) is 0.142. The fourth-order valence-corrected chi connectivity index (χ4v) is 2.26. The van der Waals surface area contributed by atoms with Crippen LogP contribution in [0.15, 0.2) is 22.2 Å². The van der Waals surface area contributed by atoms with Gasteiger partial charge < -0.3 is 9.67 Å². The molecule has 90 valence electrons. The quantitative estimate of drug-likeness (QED) is 0.798. The van der Waals surface area contributed by atoms with E-state index in [2.05, 4.69) is 4.98 Å². The fraction of sp³-hybridized carbons (Fsp3) is 0.636. The molecule has 0 aliphatic carbocycles. The molecule has 0 saturated carbocycles. The third kappa shape index (κ3) is 3.35. The summed E-state index contributed by atoms with van der Waals surface area (Å²) in [4.78, 5) is 16.1. The van der Waals surface area contributed by atoms with Crippen molar-refractivity contribution in [2.24, 2.45) is 0 Å². The third-order valence-corrected chi connectivity index (χ3v) is 3.38. The molecule has 16 heavy (non-hydrogen) atoms. The molecule has 4 nitrogen and oxygen atoms in total. The number of nitrogens with zero attached hydrogens (tertiary/aromatic N) is 2. The summed E-state index contributed by atoms with van der Waals surface area (Å²) in [5.41, 5.74) is -0.0488. The summed E-state index contributed by atoms with van der Waals surface area (Å²) in [7, 11) is 0. The van der Waals surface area contributed by atoms with E-state index in [-0.39, 0.29) is 23.5 Å². The smallest absolute Gasteiger partial charge is 0.283 e. The average Bonchev–Trinajstić information content (AvgIpc) is 2.21. The summed E-state index contributed by atoms with van der Waals surface area (Å²) >= 11 is 1.42. The SMILES string of the molecule is CC(CCO)Sc1nccn(C(C)C)c1=O. The second kappa shape index (κ2) is 6.06. The number of hydrogen-bond donors (Lipinski definition) is 1. The first-order valence-electron chi connectivity index (χ1n) is 5.41. The molecule has 1 unspecified atom stereocenters. The van der Waals surface area contributed by atoms with Crippen LogP contribution in [0.4, 0.5) is 0 Å². The molecule has 1 N–H and O–H groups in total. The molecule has 0 saturated heterocycles. The highest BCUT2D eigenvalue weighted by Crippen LogP contribution is 2.20. The number of rotatable bonds is 5. The van der Waals surface area contributed by atoms with Crippen LogP contribution >= 0.6 is 11.8 Å². The van der Waals surface area contributed by atoms with Crippen molar-refractivity contribution in [1.29, 1.82) is 0 Å². The molecule has 1 heterocycles. The fourth-order valence-electron chi connectivity index (χ4n) is 1.32. The number of aromatic nitrogens is 2. The highest BCUT2D eigenvalue weighted by atomic mass is 32.2. The van der Waals surface area contributed by atoms with Gasteiger partial charge in [0.05, 0.1) is 0 Å². The molecule has 0 aliphatic heterocycles. The van der Waals surface area contributed by atoms with Crippen LogP contribution < -0.4 is 5.56 Å². The lowest BCUT2D eigenvalue weighted by molar-refractivity contribution is 0.289. The highest BCUT2D eigenvalue weighted by Gasteiger charge is 2.11. The molecule has 0 bridgehead atoms. The van der Waals surface area contributed by atoms with E-state index in [0.29, 0.717) is 11.4 Å². The van der Waals surface area contributed by atoms with Crippen LogP contribution in [0, 0.1) is 0 Å². The van der Waals surface area contributed by atoms with Gasteiger partial charge in [0.2, 0.25) is 0 Å². The van der Waals surface area contributed by atoms with E-state index in [4.69, 9.17) is 5.11 Å². The lowest BCUT2D eigenvalue weighted by Crippen LogP contribution is -2.24. The van der Waals surface area contributed by atoms with Gasteiger partial charge in [-0.25, -0.2) is 4.98 Å². The van der Waals surface area contributed by atoms with Crippen molar-refractivity contribution in [3.05, 3.63) is 22.7 Å². The molecular weight excluding hydrogens is 224 g/mol. The maximum absolute atomic E-state index is 12.0. The summed E-state index contributed by atoms with van der Waals surface area (Å²) < 4.78 is 1.67. The van der Waals surface area contributed by atoms with Crippen molar-refractivity contribution < 1.29 is 5.11 Å². The molecule has 1 aromatic heterocycles. The van der Waals surface area contributed by atoms with Crippen LogP contribution in [-0.2, 0) is 0 Å². The monoisotopic (exact) mass is 242 g/mol. The van der Waals surface area contributed by atoms with Crippen LogP contribution in [0.5, 0.6) is 0 Å². The van der Waals surface area contributed by atoms with Gasteiger partial charge in [-0.15, -0.1) is 0 Å². The lowest BCUT2D eigenvalue weighted by atomic mass is 10.3. The maximum Gasteiger partial charge on any atom is 0.283 e. The molecule has 0 aliphatic rings. The Labute approximate surface area is 99.7 Å². The van der Waals surface area contributed by atoms with Crippen LogP contribution in [-0.4, -0.2) is 26.5 Å². The van der Waals surface area contributed by atoms with Crippen molar-refractivity contribution in [1.82, 2.24) is 9.55 Å². The van der Waals surface area contributed by atoms with Crippen LogP contribution in [0.1, 0.15) is 33.2 Å². The van der Waals surface area contributed by atoms with Crippen molar-refractivity contribution in [2.45, 2.75) is 43.5 Å².